The third kappa shape index (κ3) is 5.93. The standard InChI is InChI=1S/C26H30N2O4S/c1-5-32-23-15-13-22(14-16-23)21(4)27-26(29)18-28(25-17-19(2)11-12-20(25)3)33(30,31)24-9-7-6-8-10-24/h6-17,21H,5,18H2,1-4H3,(H,27,29)/t21-/m0/s1. The molecule has 33 heavy (non-hydrogen) atoms. The monoisotopic (exact) mass is 466 g/mol. The molecule has 174 valence electrons. The van der Waals surface area contributed by atoms with Crippen LogP contribution in [0.15, 0.2) is 77.7 Å². The van der Waals surface area contributed by atoms with Crippen molar-refractivity contribution in [1.82, 2.24) is 5.32 Å². The first-order valence-corrected chi connectivity index (χ1v) is 12.3. The molecule has 0 fully saturated rings. The Kier molecular flexibility index (Phi) is 7.76. The van der Waals surface area contributed by atoms with E-state index in [0.717, 1.165) is 22.4 Å². The third-order valence-electron chi connectivity index (χ3n) is 5.32. The number of nitrogens with one attached hydrogen (secondary N) is 1. The van der Waals surface area contributed by atoms with Crippen LogP contribution in [0.3, 0.4) is 0 Å². The molecular weight excluding hydrogens is 436 g/mol. The lowest BCUT2D eigenvalue weighted by Gasteiger charge is -2.27. The summed E-state index contributed by atoms with van der Waals surface area (Å²) in [5.41, 5.74) is 3.07. The summed E-state index contributed by atoms with van der Waals surface area (Å²) in [4.78, 5) is 13.1. The first-order chi connectivity index (χ1) is 15.7. The zero-order valence-electron chi connectivity index (χ0n) is 19.4. The van der Waals surface area contributed by atoms with Gasteiger partial charge >= 0.3 is 0 Å². The first-order valence-electron chi connectivity index (χ1n) is 10.9. The topological polar surface area (TPSA) is 75.7 Å². The molecule has 0 radical (unpaired) electrons. The minimum atomic E-state index is -3.94. The number of amides is 1. The minimum Gasteiger partial charge on any atom is -0.494 e. The predicted molar refractivity (Wildman–Crippen MR) is 131 cm³/mol. The van der Waals surface area contributed by atoms with Gasteiger partial charge in [-0.2, -0.15) is 0 Å². The molecule has 6 nitrogen and oxygen atoms in total. The van der Waals surface area contributed by atoms with Crippen molar-refractivity contribution >= 4 is 21.6 Å². The van der Waals surface area contributed by atoms with Gasteiger partial charge in [0.1, 0.15) is 12.3 Å². The van der Waals surface area contributed by atoms with Gasteiger partial charge in [-0.1, -0.05) is 42.5 Å². The molecule has 1 amide bonds. The maximum Gasteiger partial charge on any atom is 0.264 e. The van der Waals surface area contributed by atoms with Crippen LogP contribution in [-0.2, 0) is 14.8 Å². The van der Waals surface area contributed by atoms with Gasteiger partial charge in [-0.25, -0.2) is 8.42 Å². The lowest BCUT2D eigenvalue weighted by atomic mass is 10.1. The highest BCUT2D eigenvalue weighted by Gasteiger charge is 2.28. The molecule has 0 saturated heterocycles. The number of rotatable bonds is 9. The van der Waals surface area contributed by atoms with Crippen molar-refractivity contribution in [2.45, 2.75) is 38.6 Å². The summed E-state index contributed by atoms with van der Waals surface area (Å²) in [5.74, 6) is 0.367. The van der Waals surface area contributed by atoms with E-state index in [9.17, 15) is 13.2 Å². The average Bonchev–Trinajstić information content (AvgIpc) is 2.80. The maximum absolute atomic E-state index is 13.5. The van der Waals surface area contributed by atoms with Crippen molar-refractivity contribution in [3.8, 4) is 5.75 Å². The zero-order chi connectivity index (χ0) is 24.0. The van der Waals surface area contributed by atoms with Crippen LogP contribution in [0.1, 0.15) is 36.6 Å². The van der Waals surface area contributed by atoms with Gasteiger partial charge in [-0.05, 0) is 74.7 Å². The Morgan fingerprint density at radius 3 is 2.30 bits per heavy atom. The van der Waals surface area contributed by atoms with Crippen molar-refractivity contribution in [2.75, 3.05) is 17.5 Å². The highest BCUT2D eigenvalue weighted by molar-refractivity contribution is 7.92. The van der Waals surface area contributed by atoms with Crippen molar-refractivity contribution in [1.29, 1.82) is 0 Å². The zero-order valence-corrected chi connectivity index (χ0v) is 20.2. The SMILES string of the molecule is CCOc1ccc([C@H](C)NC(=O)CN(c2cc(C)ccc2C)S(=O)(=O)c2ccccc2)cc1. The Labute approximate surface area is 196 Å². The first kappa shape index (κ1) is 24.3. The molecule has 1 atom stereocenters. The van der Waals surface area contributed by atoms with E-state index >= 15 is 0 Å². The largest absolute Gasteiger partial charge is 0.494 e. The average molecular weight is 467 g/mol. The number of anilines is 1. The van der Waals surface area contributed by atoms with Gasteiger partial charge in [0.2, 0.25) is 5.91 Å². The van der Waals surface area contributed by atoms with Crippen LogP contribution in [0.2, 0.25) is 0 Å². The highest BCUT2D eigenvalue weighted by Crippen LogP contribution is 2.28. The van der Waals surface area contributed by atoms with Crippen LogP contribution in [0.5, 0.6) is 5.75 Å². The van der Waals surface area contributed by atoms with Crippen LogP contribution in [-0.4, -0.2) is 27.5 Å². The maximum atomic E-state index is 13.5. The van der Waals surface area contributed by atoms with Crippen LogP contribution < -0.4 is 14.4 Å². The highest BCUT2D eigenvalue weighted by atomic mass is 32.2. The van der Waals surface area contributed by atoms with Gasteiger partial charge in [0.15, 0.2) is 0 Å². The Bertz CT molecular complexity index is 1190. The van der Waals surface area contributed by atoms with Gasteiger partial charge in [-0.15, -0.1) is 0 Å². The molecule has 1 N–H and O–H groups in total. The number of hydrogen-bond donors (Lipinski definition) is 1. The van der Waals surface area contributed by atoms with Crippen LogP contribution >= 0.6 is 0 Å². The van der Waals surface area contributed by atoms with E-state index in [2.05, 4.69) is 5.32 Å². The summed E-state index contributed by atoms with van der Waals surface area (Å²) in [6, 6.07) is 20.9. The number of sulfonamides is 1. The van der Waals surface area contributed by atoms with E-state index in [1.165, 1.54) is 16.4 Å². The summed E-state index contributed by atoms with van der Waals surface area (Å²) in [7, 11) is -3.94. The van der Waals surface area contributed by atoms with Crippen molar-refractivity contribution in [3.63, 3.8) is 0 Å². The fourth-order valence-electron chi connectivity index (χ4n) is 3.53. The van der Waals surface area contributed by atoms with Crippen molar-refractivity contribution in [3.05, 3.63) is 89.5 Å². The number of benzene rings is 3. The molecule has 0 unspecified atom stereocenters. The summed E-state index contributed by atoms with van der Waals surface area (Å²) in [6.45, 7) is 7.76. The number of aryl methyl sites for hydroxylation is 2. The predicted octanol–water partition coefficient (Wildman–Crippen LogP) is 4.77. The number of carbonyl (C=O) groups excluding carboxylic acids is 1. The van der Waals surface area contributed by atoms with Crippen LogP contribution in [0, 0.1) is 13.8 Å². The Balaban J connectivity index is 1.87. The number of nitrogens with zero attached hydrogens (tertiary/aromatic N) is 1. The van der Waals surface area contributed by atoms with E-state index in [1.54, 1.807) is 24.3 Å². The van der Waals surface area contributed by atoms with E-state index in [0.29, 0.717) is 12.3 Å². The lowest BCUT2D eigenvalue weighted by Crippen LogP contribution is -2.42. The fourth-order valence-corrected chi connectivity index (χ4v) is 5.03. The molecule has 3 aromatic carbocycles. The third-order valence-corrected chi connectivity index (χ3v) is 7.09. The molecule has 3 aromatic rings. The number of ether oxygens (including phenoxy) is 1. The number of carbonyl (C=O) groups is 1. The van der Waals surface area contributed by atoms with Gasteiger partial charge in [-0.3, -0.25) is 9.10 Å². The molecule has 0 bridgehead atoms. The molecule has 0 spiro atoms. The van der Waals surface area contributed by atoms with Crippen LogP contribution in [0.25, 0.3) is 0 Å². The van der Waals surface area contributed by atoms with Gasteiger partial charge in [0.25, 0.3) is 10.0 Å². The molecule has 0 heterocycles. The normalized spacial score (nSPS) is 12.1. The van der Waals surface area contributed by atoms with Gasteiger partial charge < -0.3 is 10.1 Å². The molecule has 0 aliphatic heterocycles. The van der Waals surface area contributed by atoms with Crippen molar-refractivity contribution < 1.29 is 17.9 Å². The summed E-state index contributed by atoms with van der Waals surface area (Å²) in [5, 5.41) is 2.92. The van der Waals surface area contributed by atoms with Crippen molar-refractivity contribution in [2.24, 2.45) is 0 Å². The number of hydrogen-bond acceptors (Lipinski definition) is 4. The molecule has 0 aliphatic rings. The summed E-state index contributed by atoms with van der Waals surface area (Å²) < 4.78 is 33.7. The lowest BCUT2D eigenvalue weighted by molar-refractivity contribution is -0.120. The molecule has 0 aromatic heterocycles. The Morgan fingerprint density at radius 2 is 1.67 bits per heavy atom. The van der Waals surface area contributed by atoms with Gasteiger partial charge in [0.05, 0.1) is 23.2 Å². The smallest absolute Gasteiger partial charge is 0.264 e. The second-order valence-corrected chi connectivity index (χ2v) is 9.77. The molecule has 3 rings (SSSR count). The second-order valence-electron chi connectivity index (χ2n) is 7.91. The quantitative estimate of drug-likeness (QED) is 0.493. The van der Waals surface area contributed by atoms with Crippen LogP contribution in [0.4, 0.5) is 5.69 Å². The van der Waals surface area contributed by atoms with E-state index < -0.39 is 15.9 Å². The molecule has 7 heteroatoms. The Morgan fingerprint density at radius 1 is 1.00 bits per heavy atom. The second kappa shape index (κ2) is 10.5. The minimum absolute atomic E-state index is 0.137. The fraction of sp³-hybridized carbons (Fsp3) is 0.269. The molecular formula is C26H30N2O4S. The Hall–Kier alpha value is -3.32. The van der Waals surface area contributed by atoms with E-state index in [1.807, 2.05) is 64.1 Å². The van der Waals surface area contributed by atoms with Gasteiger partial charge in [0, 0.05) is 0 Å². The molecule has 0 aliphatic carbocycles. The van der Waals surface area contributed by atoms with E-state index in [4.69, 9.17) is 4.74 Å². The summed E-state index contributed by atoms with van der Waals surface area (Å²) in [6.07, 6.45) is 0. The van der Waals surface area contributed by atoms with E-state index in [-0.39, 0.29) is 17.5 Å². The summed E-state index contributed by atoms with van der Waals surface area (Å²) >= 11 is 0. The molecule has 0 saturated carbocycles.